The van der Waals surface area contributed by atoms with Gasteiger partial charge < -0.3 is 20.1 Å². The van der Waals surface area contributed by atoms with Gasteiger partial charge in [0.1, 0.15) is 5.75 Å². The third-order valence-corrected chi connectivity index (χ3v) is 4.41. The molecule has 1 radical (unpaired) electrons. The molecule has 1 amide bonds. The molecule has 0 aliphatic carbocycles. The number of benzene rings is 2. The van der Waals surface area contributed by atoms with Gasteiger partial charge in [0, 0.05) is 24.7 Å². The second kappa shape index (κ2) is 8.60. The highest BCUT2D eigenvalue weighted by Gasteiger charge is 2.26. The van der Waals surface area contributed by atoms with E-state index in [9.17, 15) is 14.7 Å². The van der Waals surface area contributed by atoms with Crippen molar-refractivity contribution in [3.63, 3.8) is 0 Å². The van der Waals surface area contributed by atoms with Gasteiger partial charge in [-0.25, -0.2) is 0 Å². The summed E-state index contributed by atoms with van der Waals surface area (Å²) in [5.74, 6) is 0.0790. The van der Waals surface area contributed by atoms with Crippen molar-refractivity contribution in [3.8, 4) is 5.75 Å². The number of para-hydroxylation sites is 2. The van der Waals surface area contributed by atoms with E-state index in [0.29, 0.717) is 36.7 Å². The van der Waals surface area contributed by atoms with Gasteiger partial charge in [-0.2, -0.15) is 0 Å². The molecule has 2 atom stereocenters. The Morgan fingerprint density at radius 3 is 2.58 bits per heavy atom. The quantitative estimate of drug-likeness (QED) is 0.787. The maximum absolute atomic E-state index is 13.0. The van der Waals surface area contributed by atoms with Crippen LogP contribution in [0.4, 0.5) is 5.69 Å². The number of hydrogen-bond donors (Lipinski definition) is 2. The van der Waals surface area contributed by atoms with Crippen LogP contribution in [0.3, 0.4) is 0 Å². The maximum atomic E-state index is 13.0. The van der Waals surface area contributed by atoms with E-state index < -0.39 is 6.10 Å². The smallest absolute Gasteiger partial charge is 0.262 e. The standard InChI is InChI=1S/C20H21N2O4/c23-11-10-22(16-6-2-1-3-7-16)20(25)17-8-4-5-9-19(17)26-14-15-12-21-13-18(15)24/h1-9,15,18,21,24H,10,12-14H2/t15-,18-/m1/s1. The summed E-state index contributed by atoms with van der Waals surface area (Å²) in [5.41, 5.74) is 0.984. The van der Waals surface area contributed by atoms with E-state index >= 15 is 0 Å². The Morgan fingerprint density at radius 2 is 1.88 bits per heavy atom. The average molecular weight is 353 g/mol. The van der Waals surface area contributed by atoms with Gasteiger partial charge in [-0.1, -0.05) is 30.3 Å². The normalized spacial score (nSPS) is 19.1. The Kier molecular flexibility index (Phi) is 5.99. The number of rotatable bonds is 7. The maximum Gasteiger partial charge on any atom is 0.262 e. The van der Waals surface area contributed by atoms with Crippen molar-refractivity contribution < 1.29 is 19.4 Å². The van der Waals surface area contributed by atoms with Gasteiger partial charge >= 0.3 is 0 Å². The fraction of sp³-hybridized carbons (Fsp3) is 0.300. The van der Waals surface area contributed by atoms with Crippen LogP contribution in [0.15, 0.2) is 54.6 Å². The van der Waals surface area contributed by atoms with Gasteiger partial charge in [-0.05, 0) is 24.3 Å². The highest BCUT2D eigenvalue weighted by molar-refractivity contribution is 6.09. The topological polar surface area (TPSA) is 78.9 Å². The zero-order valence-corrected chi connectivity index (χ0v) is 14.3. The summed E-state index contributed by atoms with van der Waals surface area (Å²) in [4.78, 5) is 25.3. The molecule has 0 unspecified atom stereocenters. The fourth-order valence-electron chi connectivity index (χ4n) is 2.95. The van der Waals surface area contributed by atoms with Crippen molar-refractivity contribution in [2.24, 2.45) is 5.92 Å². The summed E-state index contributed by atoms with van der Waals surface area (Å²) >= 11 is 0. The van der Waals surface area contributed by atoms with Gasteiger partial charge in [0.05, 0.1) is 24.8 Å². The van der Waals surface area contributed by atoms with Crippen LogP contribution in [0.25, 0.3) is 0 Å². The minimum Gasteiger partial charge on any atom is -0.492 e. The third-order valence-electron chi connectivity index (χ3n) is 4.41. The molecule has 0 bridgehead atoms. The van der Waals surface area contributed by atoms with Crippen molar-refractivity contribution in [1.29, 1.82) is 0 Å². The number of carbonyl (C=O) groups excluding carboxylic acids is 2. The Hall–Kier alpha value is -2.70. The van der Waals surface area contributed by atoms with Crippen LogP contribution in [-0.4, -0.2) is 49.6 Å². The number of amides is 1. The van der Waals surface area contributed by atoms with E-state index in [1.807, 2.05) is 6.07 Å². The van der Waals surface area contributed by atoms with Crippen molar-refractivity contribution in [3.05, 3.63) is 60.2 Å². The van der Waals surface area contributed by atoms with Crippen LogP contribution < -0.4 is 15.0 Å². The van der Waals surface area contributed by atoms with Crippen LogP contribution in [0.5, 0.6) is 5.75 Å². The van der Waals surface area contributed by atoms with E-state index in [-0.39, 0.29) is 18.4 Å². The van der Waals surface area contributed by atoms with Crippen molar-refractivity contribution in [1.82, 2.24) is 5.32 Å². The van der Waals surface area contributed by atoms with Crippen LogP contribution in [0.1, 0.15) is 10.4 Å². The number of nitrogens with one attached hydrogen (secondary N) is 1. The molecule has 0 saturated carbocycles. The number of aliphatic hydroxyl groups is 1. The lowest BCUT2D eigenvalue weighted by Crippen LogP contribution is -2.33. The molecule has 2 N–H and O–H groups in total. The van der Waals surface area contributed by atoms with Gasteiger partial charge in [-0.3, -0.25) is 9.59 Å². The summed E-state index contributed by atoms with van der Waals surface area (Å²) in [7, 11) is 0. The summed E-state index contributed by atoms with van der Waals surface area (Å²) in [6.07, 6.45) is 1.34. The Balaban J connectivity index is 1.80. The summed E-state index contributed by atoms with van der Waals surface area (Å²) in [5, 5.41) is 13.0. The zero-order chi connectivity index (χ0) is 18.4. The summed E-state index contributed by atoms with van der Waals surface area (Å²) < 4.78 is 5.83. The molecular formula is C20H21N2O4. The molecule has 2 aromatic carbocycles. The Bertz CT molecular complexity index is 750. The van der Waals surface area contributed by atoms with Gasteiger partial charge in [-0.15, -0.1) is 0 Å². The first-order valence-corrected chi connectivity index (χ1v) is 8.53. The lowest BCUT2D eigenvalue weighted by molar-refractivity contribution is 0.0976. The predicted octanol–water partition coefficient (Wildman–Crippen LogP) is 1.40. The lowest BCUT2D eigenvalue weighted by Gasteiger charge is -2.22. The number of carbonyl (C=O) groups is 1. The van der Waals surface area contributed by atoms with Gasteiger partial charge in [0.25, 0.3) is 5.91 Å². The number of β-amino-alcohol motifs (C(OH)–C–C–N with tert-alkyl or cyclic N) is 1. The second-order valence-electron chi connectivity index (χ2n) is 6.16. The first-order valence-electron chi connectivity index (χ1n) is 8.53. The number of aliphatic hydroxyl groups excluding tert-OH is 1. The molecule has 3 rings (SSSR count). The predicted molar refractivity (Wildman–Crippen MR) is 98.1 cm³/mol. The molecule has 1 fully saturated rings. The SMILES string of the molecule is O=[C]CN(C(=O)c1ccccc1OC[C@H]1CNC[C@H]1O)c1ccccc1. The number of nitrogens with zero attached hydrogens (tertiary/aromatic N) is 1. The van der Waals surface area contributed by atoms with Gasteiger partial charge in [0.2, 0.25) is 6.29 Å². The molecule has 1 aliphatic heterocycles. The molecule has 1 heterocycles. The molecule has 0 aromatic heterocycles. The molecule has 26 heavy (non-hydrogen) atoms. The highest BCUT2D eigenvalue weighted by Crippen LogP contribution is 2.24. The Labute approximate surface area is 152 Å². The van der Waals surface area contributed by atoms with Crippen molar-refractivity contribution in [2.45, 2.75) is 6.10 Å². The average Bonchev–Trinajstić information content (AvgIpc) is 3.10. The summed E-state index contributed by atoms with van der Waals surface area (Å²) in [6.45, 7) is 1.37. The second-order valence-corrected chi connectivity index (χ2v) is 6.16. The van der Waals surface area contributed by atoms with E-state index in [1.54, 1.807) is 54.8 Å². The van der Waals surface area contributed by atoms with Crippen LogP contribution in [0, 0.1) is 5.92 Å². The fourth-order valence-corrected chi connectivity index (χ4v) is 2.95. The molecule has 6 heteroatoms. The monoisotopic (exact) mass is 353 g/mol. The van der Waals surface area contributed by atoms with Crippen LogP contribution >= 0.6 is 0 Å². The van der Waals surface area contributed by atoms with Crippen molar-refractivity contribution >= 4 is 17.9 Å². The van der Waals surface area contributed by atoms with Crippen LogP contribution in [0.2, 0.25) is 0 Å². The minimum absolute atomic E-state index is 0.0216. The van der Waals surface area contributed by atoms with Crippen molar-refractivity contribution in [2.75, 3.05) is 31.1 Å². The molecule has 2 aromatic rings. The first kappa shape index (κ1) is 18.1. The number of hydrogen-bond acceptors (Lipinski definition) is 5. The van der Waals surface area contributed by atoms with Gasteiger partial charge in [0.15, 0.2) is 0 Å². The third kappa shape index (κ3) is 4.09. The first-order chi connectivity index (χ1) is 12.7. The molecule has 6 nitrogen and oxygen atoms in total. The number of anilines is 1. The molecular weight excluding hydrogens is 332 g/mol. The Morgan fingerprint density at radius 1 is 1.15 bits per heavy atom. The van der Waals surface area contributed by atoms with E-state index in [2.05, 4.69) is 5.32 Å². The molecule has 1 aliphatic rings. The van der Waals surface area contributed by atoms with E-state index in [4.69, 9.17) is 4.74 Å². The van der Waals surface area contributed by atoms with Crippen LogP contribution in [-0.2, 0) is 4.79 Å². The zero-order valence-electron chi connectivity index (χ0n) is 14.3. The molecule has 1 saturated heterocycles. The molecule has 135 valence electrons. The summed E-state index contributed by atoms with van der Waals surface area (Å²) in [6, 6.07) is 15.9. The highest BCUT2D eigenvalue weighted by atomic mass is 16.5. The lowest BCUT2D eigenvalue weighted by atomic mass is 10.1. The number of ether oxygens (including phenoxy) is 1. The minimum atomic E-state index is -0.455. The van der Waals surface area contributed by atoms with E-state index in [0.717, 1.165) is 0 Å². The largest absolute Gasteiger partial charge is 0.492 e. The molecule has 0 spiro atoms. The van der Waals surface area contributed by atoms with E-state index in [1.165, 1.54) is 4.90 Å².